The van der Waals surface area contributed by atoms with Crippen LogP contribution in [-0.4, -0.2) is 42.1 Å². The summed E-state index contributed by atoms with van der Waals surface area (Å²) < 4.78 is 5.45. The van der Waals surface area contributed by atoms with E-state index < -0.39 is 6.10 Å². The van der Waals surface area contributed by atoms with Crippen LogP contribution in [0, 0.1) is 5.92 Å². The van der Waals surface area contributed by atoms with E-state index in [1.165, 1.54) is 0 Å². The summed E-state index contributed by atoms with van der Waals surface area (Å²) in [5, 5.41) is 23.2. The minimum Gasteiger partial charge on any atom is -0.392 e. The Bertz CT molecular complexity index is 401. The molecule has 3 N–H and O–H groups in total. The molecule has 0 aliphatic heterocycles. The Hall–Kier alpha value is -0.650. The van der Waals surface area contributed by atoms with E-state index >= 15 is 0 Å². The summed E-state index contributed by atoms with van der Waals surface area (Å²) in [6.45, 7) is 5.64. The molecular formula is C16H26ClNO3. The van der Waals surface area contributed by atoms with Gasteiger partial charge < -0.3 is 20.3 Å². The zero-order chi connectivity index (χ0) is 15.7. The molecule has 0 bridgehead atoms. The van der Waals surface area contributed by atoms with Crippen molar-refractivity contribution in [3.63, 3.8) is 0 Å². The number of aliphatic hydroxyl groups excluding tert-OH is 2. The molecule has 0 amide bonds. The second-order valence-electron chi connectivity index (χ2n) is 5.70. The quantitative estimate of drug-likeness (QED) is 0.619. The van der Waals surface area contributed by atoms with Gasteiger partial charge in [-0.25, -0.2) is 0 Å². The topological polar surface area (TPSA) is 61.7 Å². The molecule has 0 aliphatic carbocycles. The average Bonchev–Trinajstić information content (AvgIpc) is 2.40. The third-order valence-electron chi connectivity index (χ3n) is 3.03. The highest BCUT2D eigenvalue weighted by Gasteiger charge is 2.09. The highest BCUT2D eigenvalue weighted by Crippen LogP contribution is 2.15. The van der Waals surface area contributed by atoms with Crippen molar-refractivity contribution in [3.8, 4) is 0 Å². The minimum atomic E-state index is -0.598. The van der Waals surface area contributed by atoms with Gasteiger partial charge in [-0.15, -0.1) is 0 Å². The number of rotatable bonds is 10. The fraction of sp³-hybridized carbons (Fsp3) is 0.625. The van der Waals surface area contributed by atoms with Crippen molar-refractivity contribution >= 4 is 11.6 Å². The number of hydrogen-bond acceptors (Lipinski definition) is 4. The molecule has 120 valence electrons. The Morgan fingerprint density at radius 1 is 1.14 bits per heavy atom. The summed E-state index contributed by atoms with van der Waals surface area (Å²) in [5.74, 6) is 0.464. The van der Waals surface area contributed by atoms with E-state index in [1.54, 1.807) is 0 Å². The number of benzene rings is 1. The summed E-state index contributed by atoms with van der Waals surface area (Å²) in [7, 11) is 0. The number of ether oxygens (including phenoxy) is 1. The summed E-state index contributed by atoms with van der Waals surface area (Å²) in [6.07, 6.45) is -0.216. The molecule has 1 aromatic carbocycles. The third kappa shape index (κ3) is 8.39. The van der Waals surface area contributed by atoms with Crippen LogP contribution >= 0.6 is 11.6 Å². The highest BCUT2D eigenvalue weighted by molar-refractivity contribution is 6.31. The fourth-order valence-electron chi connectivity index (χ4n) is 2.02. The Kier molecular flexibility index (Phi) is 8.88. The molecule has 2 unspecified atom stereocenters. The molecule has 1 rings (SSSR count). The molecule has 21 heavy (non-hydrogen) atoms. The van der Waals surface area contributed by atoms with Crippen molar-refractivity contribution in [1.29, 1.82) is 0 Å². The molecule has 0 radical (unpaired) electrons. The maximum atomic E-state index is 9.79. The lowest BCUT2D eigenvalue weighted by molar-refractivity contribution is 0.0270. The molecule has 0 saturated carbocycles. The largest absolute Gasteiger partial charge is 0.392 e. The van der Waals surface area contributed by atoms with Crippen molar-refractivity contribution in [1.82, 2.24) is 5.32 Å². The SMILES string of the molecule is CC(C)CC(O)CNCC(O)COCc1ccccc1Cl. The molecule has 0 spiro atoms. The van der Waals surface area contributed by atoms with Gasteiger partial charge in [-0.3, -0.25) is 0 Å². The first kappa shape index (κ1) is 18.4. The molecule has 5 heteroatoms. The predicted octanol–water partition coefficient (Wildman–Crippen LogP) is 2.21. The molecule has 0 heterocycles. The summed E-state index contributed by atoms with van der Waals surface area (Å²) in [4.78, 5) is 0. The number of halogens is 1. The molecule has 1 aromatic rings. The molecular weight excluding hydrogens is 290 g/mol. The van der Waals surface area contributed by atoms with Gasteiger partial charge in [-0.1, -0.05) is 43.6 Å². The molecule has 0 aromatic heterocycles. The van der Waals surface area contributed by atoms with Gasteiger partial charge in [-0.05, 0) is 24.0 Å². The van der Waals surface area contributed by atoms with Gasteiger partial charge in [0.2, 0.25) is 0 Å². The first-order valence-corrected chi connectivity index (χ1v) is 7.74. The average molecular weight is 316 g/mol. The lowest BCUT2D eigenvalue weighted by Crippen LogP contribution is -2.35. The van der Waals surface area contributed by atoms with Crippen LogP contribution < -0.4 is 5.32 Å². The fourth-order valence-corrected chi connectivity index (χ4v) is 2.21. The number of hydrogen-bond donors (Lipinski definition) is 3. The molecule has 0 fully saturated rings. The maximum Gasteiger partial charge on any atom is 0.0897 e. The Balaban J connectivity index is 2.11. The first-order chi connectivity index (χ1) is 9.99. The van der Waals surface area contributed by atoms with Crippen molar-refractivity contribution < 1.29 is 14.9 Å². The van der Waals surface area contributed by atoms with E-state index in [9.17, 15) is 10.2 Å². The minimum absolute atomic E-state index is 0.235. The van der Waals surface area contributed by atoms with Gasteiger partial charge in [0.25, 0.3) is 0 Å². The molecule has 0 saturated heterocycles. The van der Waals surface area contributed by atoms with Crippen LogP contribution in [0.5, 0.6) is 0 Å². The van der Waals surface area contributed by atoms with E-state index in [0.29, 0.717) is 30.6 Å². The van der Waals surface area contributed by atoms with Crippen LogP contribution in [0.4, 0.5) is 0 Å². The first-order valence-electron chi connectivity index (χ1n) is 7.37. The second kappa shape index (κ2) is 10.1. The van der Waals surface area contributed by atoms with Crippen LogP contribution in [-0.2, 0) is 11.3 Å². The van der Waals surface area contributed by atoms with Gasteiger partial charge in [0, 0.05) is 18.1 Å². The predicted molar refractivity (Wildman–Crippen MR) is 85.4 cm³/mol. The van der Waals surface area contributed by atoms with Crippen LogP contribution in [0.3, 0.4) is 0 Å². The van der Waals surface area contributed by atoms with Gasteiger partial charge in [0.1, 0.15) is 0 Å². The van der Waals surface area contributed by atoms with Crippen molar-refractivity contribution in [2.24, 2.45) is 5.92 Å². The van der Waals surface area contributed by atoms with Crippen molar-refractivity contribution in [2.45, 2.75) is 39.1 Å². The summed E-state index contributed by atoms with van der Waals surface area (Å²) in [5.41, 5.74) is 0.909. The standard InChI is InChI=1S/C16H26ClNO3/c1-12(2)7-14(19)8-18-9-15(20)11-21-10-13-5-3-4-6-16(13)17/h3-6,12,14-15,18-20H,7-11H2,1-2H3. The Morgan fingerprint density at radius 2 is 1.81 bits per heavy atom. The van der Waals surface area contributed by atoms with Gasteiger partial charge in [0.05, 0.1) is 25.4 Å². The monoisotopic (exact) mass is 315 g/mol. The zero-order valence-electron chi connectivity index (χ0n) is 12.8. The highest BCUT2D eigenvalue weighted by atomic mass is 35.5. The van der Waals surface area contributed by atoms with E-state index in [2.05, 4.69) is 19.2 Å². The molecule has 4 nitrogen and oxygen atoms in total. The van der Waals surface area contributed by atoms with E-state index in [1.807, 2.05) is 24.3 Å². The van der Waals surface area contributed by atoms with Gasteiger partial charge >= 0.3 is 0 Å². The van der Waals surface area contributed by atoms with Gasteiger partial charge in [-0.2, -0.15) is 0 Å². The second-order valence-corrected chi connectivity index (χ2v) is 6.11. The number of aliphatic hydroxyl groups is 2. The smallest absolute Gasteiger partial charge is 0.0897 e. The molecule has 0 aliphatic rings. The summed E-state index contributed by atoms with van der Waals surface area (Å²) in [6, 6.07) is 7.48. The van der Waals surface area contributed by atoms with E-state index in [4.69, 9.17) is 16.3 Å². The van der Waals surface area contributed by atoms with Crippen molar-refractivity contribution in [3.05, 3.63) is 34.9 Å². The molecule has 2 atom stereocenters. The number of nitrogens with one attached hydrogen (secondary N) is 1. The van der Waals surface area contributed by atoms with Gasteiger partial charge in [0.15, 0.2) is 0 Å². The van der Waals surface area contributed by atoms with E-state index in [-0.39, 0.29) is 12.7 Å². The third-order valence-corrected chi connectivity index (χ3v) is 3.40. The maximum absolute atomic E-state index is 9.79. The lowest BCUT2D eigenvalue weighted by atomic mass is 10.1. The van der Waals surface area contributed by atoms with Crippen LogP contribution in [0.15, 0.2) is 24.3 Å². The van der Waals surface area contributed by atoms with Crippen LogP contribution in [0.1, 0.15) is 25.8 Å². The van der Waals surface area contributed by atoms with E-state index in [0.717, 1.165) is 12.0 Å². The van der Waals surface area contributed by atoms with Crippen LogP contribution in [0.25, 0.3) is 0 Å². The normalized spacial score (nSPS) is 14.4. The van der Waals surface area contributed by atoms with Crippen LogP contribution in [0.2, 0.25) is 5.02 Å². The summed E-state index contributed by atoms with van der Waals surface area (Å²) >= 11 is 6.02. The Morgan fingerprint density at radius 3 is 2.48 bits per heavy atom. The Labute approximate surface area is 132 Å². The lowest BCUT2D eigenvalue weighted by Gasteiger charge is -2.16. The zero-order valence-corrected chi connectivity index (χ0v) is 13.5. The van der Waals surface area contributed by atoms with Crippen molar-refractivity contribution in [2.75, 3.05) is 19.7 Å².